The number of aromatic nitrogens is 1. The maximum Gasteiger partial charge on any atom is 0.160 e. The van der Waals surface area contributed by atoms with E-state index in [2.05, 4.69) is 28.9 Å². The van der Waals surface area contributed by atoms with Gasteiger partial charge in [-0.3, -0.25) is 9.98 Å². The Bertz CT molecular complexity index is 814. The molecule has 2 aromatic rings. The number of hydrogen-bond donors (Lipinski definition) is 0. The van der Waals surface area contributed by atoms with Gasteiger partial charge >= 0.3 is 0 Å². The highest BCUT2D eigenvalue weighted by Crippen LogP contribution is 2.49. The van der Waals surface area contributed by atoms with Gasteiger partial charge in [0.1, 0.15) is 11.8 Å². The molecule has 4 nitrogen and oxygen atoms in total. The molecule has 0 N–H and O–H groups in total. The number of ether oxygens (including phenoxy) is 1. The minimum atomic E-state index is -0.0120. The number of hydrogen-bond acceptors (Lipinski definition) is 5. The van der Waals surface area contributed by atoms with Crippen LogP contribution in [0, 0.1) is 0 Å². The van der Waals surface area contributed by atoms with E-state index in [0.717, 1.165) is 34.3 Å². The molecule has 0 unspecified atom stereocenters. The quantitative estimate of drug-likeness (QED) is 0.714. The van der Waals surface area contributed by atoms with E-state index in [1.807, 2.05) is 49.1 Å². The van der Waals surface area contributed by atoms with E-state index < -0.39 is 0 Å². The molecule has 2 aliphatic heterocycles. The number of fused-ring (bicyclic) bond motifs is 1. The Hall–Kier alpha value is -1.72. The number of aliphatic imine (C=N–C) groups is 1. The van der Waals surface area contributed by atoms with Crippen molar-refractivity contribution >= 4 is 28.5 Å². The number of halogens is 1. The molecule has 1 saturated heterocycles. The molecule has 0 bridgehead atoms. The monoisotopic (exact) mass is 387 g/mol. The summed E-state index contributed by atoms with van der Waals surface area (Å²) in [4.78, 5) is 12.1. The Kier molecular flexibility index (Phi) is 5.09. The van der Waals surface area contributed by atoms with E-state index in [9.17, 15) is 0 Å². The van der Waals surface area contributed by atoms with Crippen molar-refractivity contribution in [1.29, 1.82) is 0 Å². The molecule has 26 heavy (non-hydrogen) atoms. The third-order valence-electron chi connectivity index (χ3n) is 4.93. The first-order valence-corrected chi connectivity index (χ1v) is 10.4. The predicted octanol–water partition coefficient (Wildman–Crippen LogP) is 5.11. The van der Waals surface area contributed by atoms with Crippen molar-refractivity contribution < 1.29 is 4.74 Å². The molecule has 1 aromatic heterocycles. The molecule has 6 heteroatoms. The SMILES string of the molecule is CCOc1ccc([C@H]2[C@@H](c3ccccn3)N=C3SC[C@@H](CC)N32)cc1Cl. The zero-order valence-electron chi connectivity index (χ0n) is 14.9. The highest BCUT2D eigenvalue weighted by atomic mass is 35.5. The summed E-state index contributed by atoms with van der Waals surface area (Å²) in [6, 6.07) is 12.7. The number of benzene rings is 1. The zero-order chi connectivity index (χ0) is 18.1. The van der Waals surface area contributed by atoms with Gasteiger partial charge in [-0.15, -0.1) is 0 Å². The molecule has 0 spiro atoms. The fraction of sp³-hybridized carbons (Fsp3) is 0.400. The van der Waals surface area contributed by atoms with Crippen LogP contribution in [-0.4, -0.2) is 33.5 Å². The van der Waals surface area contributed by atoms with Crippen LogP contribution in [0.3, 0.4) is 0 Å². The second-order valence-electron chi connectivity index (χ2n) is 6.46. The van der Waals surface area contributed by atoms with Crippen LogP contribution < -0.4 is 4.74 Å². The normalized spacial score (nSPS) is 24.5. The van der Waals surface area contributed by atoms with Crippen LogP contribution in [0.2, 0.25) is 5.02 Å². The molecule has 136 valence electrons. The highest BCUT2D eigenvalue weighted by Gasteiger charge is 2.45. The Morgan fingerprint density at radius 1 is 1.27 bits per heavy atom. The minimum absolute atomic E-state index is 0.0120. The molecule has 3 atom stereocenters. The molecule has 4 rings (SSSR count). The van der Waals surface area contributed by atoms with Crippen molar-refractivity contribution in [3.63, 3.8) is 0 Å². The third-order valence-corrected chi connectivity index (χ3v) is 6.35. The Morgan fingerprint density at radius 2 is 2.15 bits per heavy atom. The fourth-order valence-electron chi connectivity index (χ4n) is 3.68. The predicted molar refractivity (Wildman–Crippen MR) is 108 cm³/mol. The van der Waals surface area contributed by atoms with Crippen molar-refractivity contribution in [2.24, 2.45) is 4.99 Å². The first-order chi connectivity index (χ1) is 12.7. The first-order valence-electron chi connectivity index (χ1n) is 9.05. The summed E-state index contributed by atoms with van der Waals surface area (Å²) < 4.78 is 5.60. The van der Waals surface area contributed by atoms with Crippen molar-refractivity contribution in [1.82, 2.24) is 9.88 Å². The molecule has 0 aliphatic carbocycles. The molecule has 1 fully saturated rings. The van der Waals surface area contributed by atoms with E-state index in [1.165, 1.54) is 0 Å². The topological polar surface area (TPSA) is 37.7 Å². The fourth-order valence-corrected chi connectivity index (χ4v) is 5.26. The second kappa shape index (κ2) is 7.49. The van der Waals surface area contributed by atoms with Gasteiger partial charge < -0.3 is 9.64 Å². The van der Waals surface area contributed by atoms with E-state index in [1.54, 1.807) is 0 Å². The van der Waals surface area contributed by atoms with Crippen LogP contribution in [-0.2, 0) is 0 Å². The van der Waals surface area contributed by atoms with Crippen molar-refractivity contribution in [3.8, 4) is 5.75 Å². The van der Waals surface area contributed by atoms with Gasteiger partial charge in [0, 0.05) is 18.0 Å². The highest BCUT2D eigenvalue weighted by molar-refractivity contribution is 8.14. The maximum atomic E-state index is 6.49. The molecular formula is C20H22ClN3OS. The largest absolute Gasteiger partial charge is 0.492 e. The molecule has 2 aliphatic rings. The average molecular weight is 388 g/mol. The number of thioether (sulfide) groups is 1. The molecular weight excluding hydrogens is 366 g/mol. The summed E-state index contributed by atoms with van der Waals surface area (Å²) in [7, 11) is 0. The van der Waals surface area contributed by atoms with E-state index in [0.29, 0.717) is 17.7 Å². The summed E-state index contributed by atoms with van der Waals surface area (Å²) in [6.07, 6.45) is 2.94. The van der Waals surface area contributed by atoms with Gasteiger partial charge in [-0.05, 0) is 43.2 Å². The van der Waals surface area contributed by atoms with Crippen LogP contribution in [0.15, 0.2) is 47.6 Å². The Balaban J connectivity index is 1.76. The minimum Gasteiger partial charge on any atom is -0.492 e. The van der Waals surface area contributed by atoms with Gasteiger partial charge in [0.2, 0.25) is 0 Å². The average Bonchev–Trinajstić information content (AvgIpc) is 3.23. The van der Waals surface area contributed by atoms with Gasteiger partial charge in [-0.1, -0.05) is 42.4 Å². The zero-order valence-corrected chi connectivity index (χ0v) is 16.5. The summed E-state index contributed by atoms with van der Waals surface area (Å²) in [5, 5.41) is 1.78. The standard InChI is InChI=1S/C20H22ClN3OS/c1-3-14-12-26-20-23-18(16-7-5-6-10-22-16)19(24(14)20)13-8-9-17(25-4-2)15(21)11-13/h5-11,14,18-19H,3-4,12H2,1-2H3/t14-,18-,19+/m1/s1. The summed E-state index contributed by atoms with van der Waals surface area (Å²) >= 11 is 8.34. The summed E-state index contributed by atoms with van der Waals surface area (Å²) in [6.45, 7) is 4.81. The lowest BCUT2D eigenvalue weighted by Crippen LogP contribution is -2.35. The van der Waals surface area contributed by atoms with E-state index >= 15 is 0 Å². The van der Waals surface area contributed by atoms with Crippen LogP contribution in [0.1, 0.15) is 43.6 Å². The van der Waals surface area contributed by atoms with Gasteiger partial charge in [-0.25, -0.2) is 0 Å². The Labute approximate surface area is 163 Å². The Morgan fingerprint density at radius 3 is 2.85 bits per heavy atom. The first kappa shape index (κ1) is 17.7. The number of amidine groups is 1. The van der Waals surface area contributed by atoms with Crippen molar-refractivity contribution in [2.75, 3.05) is 12.4 Å². The van der Waals surface area contributed by atoms with E-state index in [-0.39, 0.29) is 12.1 Å². The van der Waals surface area contributed by atoms with Gasteiger partial charge in [0.05, 0.1) is 23.4 Å². The van der Waals surface area contributed by atoms with Crippen LogP contribution in [0.5, 0.6) is 5.75 Å². The number of pyridine rings is 1. The van der Waals surface area contributed by atoms with E-state index in [4.69, 9.17) is 21.3 Å². The molecule has 0 radical (unpaired) electrons. The molecule has 0 amide bonds. The smallest absolute Gasteiger partial charge is 0.160 e. The summed E-state index contributed by atoms with van der Waals surface area (Å²) in [5.74, 6) is 1.82. The molecule has 0 saturated carbocycles. The number of rotatable bonds is 5. The van der Waals surface area contributed by atoms with Crippen LogP contribution in [0.25, 0.3) is 0 Å². The van der Waals surface area contributed by atoms with Gasteiger partial charge in [-0.2, -0.15) is 0 Å². The molecule has 3 heterocycles. The van der Waals surface area contributed by atoms with Crippen molar-refractivity contribution in [3.05, 3.63) is 58.9 Å². The van der Waals surface area contributed by atoms with Crippen LogP contribution >= 0.6 is 23.4 Å². The summed E-state index contributed by atoms with van der Waals surface area (Å²) in [5.41, 5.74) is 2.16. The number of nitrogens with zero attached hydrogens (tertiary/aromatic N) is 3. The lowest BCUT2D eigenvalue weighted by molar-refractivity contribution is 0.255. The van der Waals surface area contributed by atoms with Crippen LogP contribution in [0.4, 0.5) is 0 Å². The maximum absolute atomic E-state index is 6.49. The second-order valence-corrected chi connectivity index (χ2v) is 7.85. The van der Waals surface area contributed by atoms with Gasteiger partial charge in [0.15, 0.2) is 5.17 Å². The lowest BCUT2D eigenvalue weighted by atomic mass is 9.95. The van der Waals surface area contributed by atoms with Crippen molar-refractivity contribution in [2.45, 2.75) is 38.4 Å². The lowest BCUT2D eigenvalue weighted by Gasteiger charge is -2.32. The van der Waals surface area contributed by atoms with Gasteiger partial charge in [0.25, 0.3) is 0 Å². The third kappa shape index (κ3) is 3.08. The molecule has 1 aromatic carbocycles.